The zero-order valence-electron chi connectivity index (χ0n) is 11.7. The Labute approximate surface area is 78.9 Å². The molecule has 0 aromatic heterocycles. The Balaban J connectivity index is 3.09. The number of rotatable bonds is 5. The lowest BCUT2D eigenvalue weighted by Crippen LogP contribution is -2.16. The Morgan fingerprint density at radius 3 is 3.42 bits per heavy atom. The van der Waals surface area contributed by atoms with Crippen LogP contribution in [-0.4, -0.2) is 26.6 Å². The third-order valence-electron chi connectivity index (χ3n) is 1.41. The fraction of sp³-hybridized carbons (Fsp3) is 0.333. The highest BCUT2D eigenvalue weighted by Crippen LogP contribution is 2.17. The fourth-order valence-corrected chi connectivity index (χ4v) is 0.869. The molecule has 0 spiro atoms. The van der Waals surface area contributed by atoms with Crippen LogP contribution in [0.5, 0.6) is 5.75 Å². The summed E-state index contributed by atoms with van der Waals surface area (Å²) in [4.78, 5) is 0. The van der Waals surface area contributed by atoms with E-state index < -0.39 is 12.6 Å². The number of likely N-dealkylation sites (N-methyl/N-ethyl adjacent to an activating group) is 1. The zero-order chi connectivity index (χ0) is 13.1. The van der Waals surface area contributed by atoms with Crippen molar-refractivity contribution in [3.8, 4) is 5.75 Å². The molecular weight excluding hydrogens is 154 g/mol. The van der Waals surface area contributed by atoms with Gasteiger partial charge in [0.2, 0.25) is 1.43 Å². The average molecular weight is 172 g/mol. The number of phenolic OH excluding ortho intramolecular Hbond substituents is 1. The summed E-state index contributed by atoms with van der Waals surface area (Å²) in [5.41, 5.74) is 0.328. The summed E-state index contributed by atoms with van der Waals surface area (Å²) in [6.45, 7) is -2.16. The van der Waals surface area contributed by atoms with E-state index >= 15 is 0 Å². The number of aliphatic hydroxyl groups is 1. The largest absolute Gasteiger partial charge is 0.508 e. The molecule has 12 heavy (non-hydrogen) atoms. The van der Waals surface area contributed by atoms with Crippen molar-refractivity contribution in [1.82, 2.24) is 5.31 Å². The van der Waals surface area contributed by atoms with Crippen LogP contribution in [0, 0.1) is 0 Å². The van der Waals surface area contributed by atoms with Gasteiger partial charge < -0.3 is 15.5 Å². The second kappa shape index (κ2) is 4.09. The van der Waals surface area contributed by atoms with E-state index in [0.717, 1.165) is 0 Å². The maximum absolute atomic E-state index is 7.68. The lowest BCUT2D eigenvalue weighted by atomic mass is 10.1. The van der Waals surface area contributed by atoms with Crippen molar-refractivity contribution in [2.24, 2.45) is 0 Å². The van der Waals surface area contributed by atoms with E-state index in [1.54, 1.807) is 12.1 Å². The van der Waals surface area contributed by atoms with Crippen LogP contribution >= 0.6 is 0 Å². The van der Waals surface area contributed by atoms with Gasteiger partial charge in [-0.2, -0.15) is 0 Å². The first-order valence-electron chi connectivity index (χ1n) is 5.77. The molecule has 0 aliphatic carbocycles. The molecule has 0 aliphatic rings. The van der Waals surface area contributed by atoms with E-state index in [2.05, 4.69) is 10.2 Å². The van der Waals surface area contributed by atoms with Gasteiger partial charge >= 0.3 is 0 Å². The molecule has 1 aromatic rings. The molecule has 1 aromatic carbocycles. The first kappa shape index (κ1) is 4.25. The van der Waals surface area contributed by atoms with Crippen molar-refractivity contribution in [3.05, 3.63) is 29.8 Å². The molecule has 0 saturated carbocycles. The van der Waals surface area contributed by atoms with Gasteiger partial charge in [0.1, 0.15) is 7.16 Å². The lowest BCUT2D eigenvalue weighted by molar-refractivity contribution is 0.177. The summed E-state index contributed by atoms with van der Waals surface area (Å²) in [6, 6.07) is 6.03. The fourth-order valence-electron chi connectivity index (χ4n) is 0.869. The van der Waals surface area contributed by atoms with Gasteiger partial charge in [0.05, 0.1) is 6.10 Å². The van der Waals surface area contributed by atoms with Gasteiger partial charge in [0.25, 0.3) is 1.43 Å². The van der Waals surface area contributed by atoms with E-state index in [0.29, 0.717) is 10.9 Å². The zero-order valence-corrected chi connectivity index (χ0v) is 6.65. The number of benzene rings is 1. The average Bonchev–Trinajstić information content (AvgIpc) is 2.29. The van der Waals surface area contributed by atoms with Crippen molar-refractivity contribution in [2.75, 3.05) is 13.5 Å². The molecule has 1 rings (SSSR count). The number of hydrogen-bond donors (Lipinski definition) is 3. The third-order valence-corrected chi connectivity index (χ3v) is 1.41. The highest BCUT2D eigenvalue weighted by atomic mass is 16.3. The molecular formula is C9H13NO2. The van der Waals surface area contributed by atoms with Crippen molar-refractivity contribution >= 4 is 0 Å². The Kier molecular flexibility index (Phi) is 1.45. The summed E-state index contributed by atoms with van der Waals surface area (Å²) < 4.78 is 36.3. The number of aromatic hydroxyl groups is 1. The smallest absolute Gasteiger partial charge is 0.293 e. The minimum atomic E-state index is -2.16. The molecule has 3 nitrogen and oxygen atoms in total. The molecule has 1 unspecified atom stereocenters. The van der Waals surface area contributed by atoms with Gasteiger partial charge in [0, 0.05) is 9.24 Å². The minimum Gasteiger partial charge on any atom is -0.508 e. The Morgan fingerprint density at radius 2 is 2.75 bits per heavy atom. The van der Waals surface area contributed by atoms with Crippen molar-refractivity contribution < 1.29 is 14.4 Å². The van der Waals surface area contributed by atoms with Crippen LogP contribution in [0.15, 0.2) is 24.3 Å². The van der Waals surface area contributed by atoms with Crippen molar-refractivity contribution in [2.45, 2.75) is 6.10 Å². The first-order chi connectivity index (χ1) is 7.93. The van der Waals surface area contributed by atoms with Crippen LogP contribution in [0.3, 0.4) is 0 Å². The van der Waals surface area contributed by atoms with Crippen LogP contribution in [0.25, 0.3) is 0 Å². The molecule has 66 valence electrons. The van der Waals surface area contributed by atoms with Gasteiger partial charge in [-0.25, -0.2) is 0 Å². The highest BCUT2D eigenvalue weighted by molar-refractivity contribution is 5.28. The van der Waals surface area contributed by atoms with Crippen LogP contribution in [0.2, 0.25) is 1.41 Å². The van der Waals surface area contributed by atoms with Crippen LogP contribution < -0.4 is 5.31 Å². The first-order valence-corrected chi connectivity index (χ1v) is 3.51. The van der Waals surface area contributed by atoms with Crippen molar-refractivity contribution in [1.29, 1.82) is 2.86 Å². The number of phenols is 1. The second-order valence-corrected chi connectivity index (χ2v) is 2.31. The minimum absolute atomic E-state index is 0.216. The SMILES string of the molecule is [2H]Oc1cccc(C(O[2H])C([2H])([2H])N([2H])C)c1. The Bertz CT molecular complexity index is 374. The maximum atomic E-state index is 7.68. The van der Waals surface area contributed by atoms with Gasteiger partial charge in [-0.15, -0.1) is 0 Å². The third kappa shape index (κ3) is 2.22. The van der Waals surface area contributed by atoms with Crippen molar-refractivity contribution in [3.63, 3.8) is 0 Å². The van der Waals surface area contributed by atoms with E-state index in [-0.39, 0.29) is 5.75 Å². The molecule has 0 fully saturated rings. The van der Waals surface area contributed by atoms with E-state index in [1.165, 1.54) is 19.2 Å². The molecule has 0 radical (unpaired) electrons. The molecule has 1 atom stereocenters. The molecule has 3 heteroatoms. The van der Waals surface area contributed by atoms with Crippen LogP contribution in [-0.2, 0) is 0 Å². The van der Waals surface area contributed by atoms with Gasteiger partial charge in [0.15, 0.2) is 0 Å². The number of aliphatic hydroxyl groups excluding tert-OH is 1. The summed E-state index contributed by atoms with van der Waals surface area (Å²) >= 11 is 0. The molecule has 0 saturated heterocycles. The monoisotopic (exact) mass is 172 g/mol. The van der Waals surface area contributed by atoms with Crippen LogP contribution in [0.4, 0.5) is 0 Å². The quantitative estimate of drug-likeness (QED) is 0.611. The summed E-state index contributed by atoms with van der Waals surface area (Å²) in [5, 5.41) is 9.22. The molecule has 0 heterocycles. The topological polar surface area (TPSA) is 52.5 Å². The summed E-state index contributed by atoms with van der Waals surface area (Å²) in [5.74, 6) is 0.216. The predicted molar refractivity (Wildman–Crippen MR) is 47.0 cm³/mol. The standard InChI is InChI=1S/C9H13NO2/c1-10-6-9(12)7-3-2-4-8(11)5-7/h2-5,9-12H,6H2,1H3/i6D2,12D/hD2. The normalized spacial score (nSPS) is 20.0. The Hall–Kier alpha value is -1.06. The van der Waals surface area contributed by atoms with Gasteiger partial charge in [-0.05, 0) is 24.7 Å². The predicted octanol–water partition coefficient (Wildman–Crippen LogP) is 0.645. The summed E-state index contributed by atoms with van der Waals surface area (Å²) in [7, 11) is 1.23. The second-order valence-electron chi connectivity index (χ2n) is 2.31. The van der Waals surface area contributed by atoms with E-state index in [4.69, 9.17) is 7.02 Å². The van der Waals surface area contributed by atoms with Crippen LogP contribution in [0.1, 0.15) is 14.4 Å². The van der Waals surface area contributed by atoms with E-state index in [9.17, 15) is 0 Å². The molecule has 0 bridgehead atoms. The molecule has 3 N–H and O–H groups in total. The number of hydrogen-bond acceptors (Lipinski definition) is 3. The highest BCUT2D eigenvalue weighted by Gasteiger charge is 2.05. The molecule has 0 aliphatic heterocycles. The maximum Gasteiger partial charge on any atom is 0.293 e. The van der Waals surface area contributed by atoms with Gasteiger partial charge in [-0.3, -0.25) is 0 Å². The van der Waals surface area contributed by atoms with E-state index in [1.807, 2.05) is 0 Å². The van der Waals surface area contributed by atoms with Gasteiger partial charge in [-0.1, -0.05) is 12.1 Å². The number of nitrogens with one attached hydrogen (secondary N) is 1. The molecule has 0 amide bonds. The summed E-state index contributed by atoms with van der Waals surface area (Å²) in [6.07, 6.45) is -1.26. The lowest BCUT2D eigenvalue weighted by Gasteiger charge is -2.09. The Morgan fingerprint density at radius 1 is 1.83 bits per heavy atom.